The summed E-state index contributed by atoms with van der Waals surface area (Å²) in [6.07, 6.45) is 0.728. The number of hydrogen-bond acceptors (Lipinski definition) is 8. The first kappa shape index (κ1) is 24.5. The number of nitro groups is 1. The maximum atomic E-state index is 11.7. The van der Waals surface area contributed by atoms with Crippen molar-refractivity contribution in [3.63, 3.8) is 0 Å². The standard InChI is InChI=1S/C21H21BrClN5O5/c1-21(2,3)33-20(29)24-6-7-32-18-10-16-13(9-17(18)28(30)31)19(26-11-25-16)27-15-5-4-12(22)8-14(15)23/h4-5,8-11H,6-7H2,1-3H3,(H,24,29)(H,25,26,27). The van der Waals surface area contributed by atoms with Crippen LogP contribution in [0.25, 0.3) is 10.9 Å². The highest BCUT2D eigenvalue weighted by Gasteiger charge is 2.20. The van der Waals surface area contributed by atoms with Crippen molar-refractivity contribution < 1.29 is 19.2 Å². The Bertz CT molecular complexity index is 1200. The van der Waals surface area contributed by atoms with Crippen molar-refractivity contribution in [3.05, 3.63) is 56.3 Å². The Morgan fingerprint density at radius 2 is 2.00 bits per heavy atom. The van der Waals surface area contributed by atoms with E-state index in [1.165, 1.54) is 18.5 Å². The molecule has 2 N–H and O–H groups in total. The summed E-state index contributed by atoms with van der Waals surface area (Å²) in [6.45, 7) is 5.34. The molecule has 0 saturated carbocycles. The molecule has 0 aliphatic carbocycles. The average Bonchev–Trinajstić information content (AvgIpc) is 2.71. The van der Waals surface area contributed by atoms with Crippen LogP contribution in [0.4, 0.5) is 22.0 Å². The SMILES string of the molecule is CC(C)(C)OC(=O)NCCOc1cc2ncnc(Nc3ccc(Br)cc3Cl)c2cc1[N+](=O)[O-]. The topological polar surface area (TPSA) is 129 Å². The molecule has 1 heterocycles. The van der Waals surface area contributed by atoms with Crippen molar-refractivity contribution in [2.75, 3.05) is 18.5 Å². The van der Waals surface area contributed by atoms with E-state index in [0.717, 1.165) is 4.47 Å². The third kappa shape index (κ3) is 6.65. The fourth-order valence-corrected chi connectivity index (χ4v) is 3.50. The molecule has 0 spiro atoms. The van der Waals surface area contributed by atoms with Gasteiger partial charge in [0.25, 0.3) is 0 Å². The molecule has 2 aromatic carbocycles. The fourth-order valence-electron chi connectivity index (χ4n) is 2.78. The van der Waals surface area contributed by atoms with Gasteiger partial charge in [-0.1, -0.05) is 27.5 Å². The molecule has 1 aromatic heterocycles. The van der Waals surface area contributed by atoms with Gasteiger partial charge in [-0.25, -0.2) is 14.8 Å². The molecule has 0 saturated heterocycles. The van der Waals surface area contributed by atoms with E-state index >= 15 is 0 Å². The maximum Gasteiger partial charge on any atom is 0.407 e. The molecule has 0 aliphatic rings. The van der Waals surface area contributed by atoms with E-state index in [9.17, 15) is 14.9 Å². The smallest absolute Gasteiger partial charge is 0.407 e. The predicted molar refractivity (Wildman–Crippen MR) is 128 cm³/mol. The van der Waals surface area contributed by atoms with Crippen molar-refractivity contribution in [1.82, 2.24) is 15.3 Å². The Kier molecular flexibility index (Phi) is 7.54. The van der Waals surface area contributed by atoms with Gasteiger partial charge in [0.2, 0.25) is 0 Å². The highest BCUT2D eigenvalue weighted by Crippen LogP contribution is 2.35. The van der Waals surface area contributed by atoms with Crippen LogP contribution in [0.2, 0.25) is 5.02 Å². The van der Waals surface area contributed by atoms with Crippen LogP contribution in [-0.4, -0.2) is 39.7 Å². The minimum atomic E-state index is -0.631. The first-order valence-corrected chi connectivity index (χ1v) is 11.0. The summed E-state index contributed by atoms with van der Waals surface area (Å²) in [5, 5.41) is 18.2. The summed E-state index contributed by atoms with van der Waals surface area (Å²) < 4.78 is 11.5. The molecule has 10 nitrogen and oxygen atoms in total. The summed E-state index contributed by atoms with van der Waals surface area (Å²) in [5.74, 6) is 0.371. The van der Waals surface area contributed by atoms with Gasteiger partial charge in [-0.15, -0.1) is 0 Å². The number of nitrogens with one attached hydrogen (secondary N) is 2. The Hall–Kier alpha value is -3.18. The monoisotopic (exact) mass is 537 g/mol. The molecule has 0 bridgehead atoms. The summed E-state index contributed by atoms with van der Waals surface area (Å²) in [5.41, 5.74) is 0.116. The Balaban J connectivity index is 1.80. The van der Waals surface area contributed by atoms with Crippen molar-refractivity contribution >= 4 is 61.7 Å². The van der Waals surface area contributed by atoms with Crippen molar-refractivity contribution in [2.45, 2.75) is 26.4 Å². The second kappa shape index (κ2) is 10.2. The minimum Gasteiger partial charge on any atom is -0.485 e. The highest BCUT2D eigenvalue weighted by atomic mass is 79.9. The van der Waals surface area contributed by atoms with Gasteiger partial charge < -0.3 is 20.1 Å². The molecular formula is C21H21BrClN5O5. The number of carbonyl (C=O) groups excluding carboxylic acids is 1. The zero-order valence-corrected chi connectivity index (χ0v) is 20.4. The van der Waals surface area contributed by atoms with Gasteiger partial charge in [0.15, 0.2) is 5.75 Å². The van der Waals surface area contributed by atoms with Crippen LogP contribution in [-0.2, 0) is 4.74 Å². The number of carbonyl (C=O) groups is 1. The Morgan fingerprint density at radius 1 is 1.24 bits per heavy atom. The Morgan fingerprint density at radius 3 is 2.67 bits per heavy atom. The van der Waals surface area contributed by atoms with Gasteiger partial charge in [0.05, 0.1) is 33.1 Å². The van der Waals surface area contributed by atoms with Crippen LogP contribution < -0.4 is 15.4 Å². The molecule has 3 rings (SSSR count). The number of alkyl carbamates (subject to hydrolysis) is 1. The van der Waals surface area contributed by atoms with Crippen molar-refractivity contribution in [3.8, 4) is 5.75 Å². The fraction of sp³-hybridized carbons (Fsp3) is 0.286. The zero-order chi connectivity index (χ0) is 24.2. The van der Waals surface area contributed by atoms with E-state index in [2.05, 4.69) is 36.5 Å². The number of nitro benzene ring substituents is 1. The first-order chi connectivity index (χ1) is 15.5. The van der Waals surface area contributed by atoms with E-state index < -0.39 is 16.6 Å². The molecule has 174 valence electrons. The molecule has 1 amide bonds. The molecule has 0 atom stereocenters. The van der Waals surface area contributed by atoms with Crippen LogP contribution in [0.1, 0.15) is 20.8 Å². The van der Waals surface area contributed by atoms with E-state index in [1.807, 2.05) is 0 Å². The Labute approximate surface area is 202 Å². The van der Waals surface area contributed by atoms with Crippen molar-refractivity contribution in [1.29, 1.82) is 0 Å². The third-order valence-electron chi connectivity index (χ3n) is 4.12. The summed E-state index contributed by atoms with van der Waals surface area (Å²) in [7, 11) is 0. The van der Waals surface area contributed by atoms with E-state index in [4.69, 9.17) is 21.1 Å². The maximum absolute atomic E-state index is 11.7. The number of benzene rings is 2. The summed E-state index contributed by atoms with van der Waals surface area (Å²) >= 11 is 9.61. The van der Waals surface area contributed by atoms with Crippen LogP contribution in [0.5, 0.6) is 5.75 Å². The number of fused-ring (bicyclic) bond motifs is 1. The number of amides is 1. The lowest BCUT2D eigenvalue weighted by atomic mass is 10.2. The third-order valence-corrected chi connectivity index (χ3v) is 4.93. The number of ether oxygens (including phenoxy) is 2. The van der Waals surface area contributed by atoms with E-state index in [-0.39, 0.29) is 24.6 Å². The van der Waals surface area contributed by atoms with Crippen LogP contribution in [0, 0.1) is 10.1 Å². The lowest BCUT2D eigenvalue weighted by Gasteiger charge is -2.19. The number of halogens is 2. The molecule has 0 aliphatic heterocycles. The largest absolute Gasteiger partial charge is 0.485 e. The predicted octanol–water partition coefficient (Wildman–Crippen LogP) is 5.60. The minimum absolute atomic E-state index is 0.00369. The molecule has 0 unspecified atom stereocenters. The molecular weight excluding hydrogens is 518 g/mol. The number of anilines is 2. The molecule has 0 fully saturated rings. The number of aromatic nitrogens is 2. The number of hydrogen-bond donors (Lipinski definition) is 2. The number of nitrogens with zero attached hydrogens (tertiary/aromatic N) is 3. The van der Waals surface area contributed by atoms with Gasteiger partial charge in [-0.3, -0.25) is 10.1 Å². The summed E-state index contributed by atoms with van der Waals surface area (Å²) in [6, 6.07) is 8.06. The second-order valence-corrected chi connectivity index (χ2v) is 9.17. The number of rotatable bonds is 7. The van der Waals surface area contributed by atoms with Gasteiger partial charge in [-0.2, -0.15) is 0 Å². The van der Waals surface area contributed by atoms with Gasteiger partial charge in [-0.05, 0) is 39.0 Å². The molecule has 3 aromatic rings. The van der Waals surface area contributed by atoms with Crippen LogP contribution >= 0.6 is 27.5 Å². The molecule has 12 heteroatoms. The van der Waals surface area contributed by atoms with Crippen LogP contribution in [0.15, 0.2) is 41.1 Å². The van der Waals surface area contributed by atoms with E-state index in [1.54, 1.807) is 39.0 Å². The molecule has 33 heavy (non-hydrogen) atoms. The van der Waals surface area contributed by atoms with Gasteiger partial charge in [0.1, 0.15) is 24.4 Å². The highest BCUT2D eigenvalue weighted by molar-refractivity contribution is 9.10. The van der Waals surface area contributed by atoms with Crippen LogP contribution in [0.3, 0.4) is 0 Å². The normalized spacial score (nSPS) is 11.2. The zero-order valence-electron chi connectivity index (χ0n) is 18.0. The van der Waals surface area contributed by atoms with Crippen molar-refractivity contribution in [2.24, 2.45) is 0 Å². The lowest BCUT2D eigenvalue weighted by Crippen LogP contribution is -2.34. The summed E-state index contributed by atoms with van der Waals surface area (Å²) in [4.78, 5) is 31.2. The second-order valence-electron chi connectivity index (χ2n) is 7.84. The van der Waals surface area contributed by atoms with Gasteiger partial charge >= 0.3 is 11.8 Å². The first-order valence-electron chi connectivity index (χ1n) is 9.78. The van der Waals surface area contributed by atoms with E-state index in [0.29, 0.717) is 27.4 Å². The average molecular weight is 539 g/mol. The lowest BCUT2D eigenvalue weighted by molar-refractivity contribution is -0.385. The quantitative estimate of drug-likeness (QED) is 0.226. The molecule has 0 radical (unpaired) electrons. The van der Waals surface area contributed by atoms with Gasteiger partial charge in [0, 0.05) is 16.6 Å².